The standard InChI is InChI=1S/C16H11Cl2N3O5/c17-11-3-1-9(5-12(11)18)19-15(22)7-20-13-6-10(21(24)25)2-4-14(13)26-8-16(20)23/h1-6H,7-8H2,(H,19,22). The van der Waals surface area contributed by atoms with Crippen LogP contribution in [0.2, 0.25) is 10.0 Å². The van der Waals surface area contributed by atoms with E-state index in [1.165, 1.54) is 30.3 Å². The number of carbonyl (C=O) groups excluding carboxylic acids is 2. The number of nitrogens with zero attached hydrogens (tertiary/aromatic N) is 2. The fraction of sp³-hybridized carbons (Fsp3) is 0.125. The van der Waals surface area contributed by atoms with Gasteiger partial charge >= 0.3 is 0 Å². The van der Waals surface area contributed by atoms with Crippen LogP contribution in [0.1, 0.15) is 0 Å². The lowest BCUT2D eigenvalue weighted by molar-refractivity contribution is -0.384. The summed E-state index contributed by atoms with van der Waals surface area (Å²) in [6, 6.07) is 8.41. The zero-order valence-corrected chi connectivity index (χ0v) is 14.6. The van der Waals surface area contributed by atoms with E-state index in [1.807, 2.05) is 0 Å². The van der Waals surface area contributed by atoms with Gasteiger partial charge in [0.2, 0.25) is 5.91 Å². The highest BCUT2D eigenvalue weighted by Gasteiger charge is 2.29. The molecule has 8 nitrogen and oxygen atoms in total. The molecule has 0 radical (unpaired) electrons. The fourth-order valence-corrected chi connectivity index (χ4v) is 2.69. The second kappa shape index (κ2) is 7.19. The molecule has 134 valence electrons. The first-order valence-electron chi connectivity index (χ1n) is 7.31. The van der Waals surface area contributed by atoms with Crippen molar-refractivity contribution in [2.75, 3.05) is 23.4 Å². The van der Waals surface area contributed by atoms with Crippen molar-refractivity contribution in [1.82, 2.24) is 0 Å². The highest BCUT2D eigenvalue weighted by molar-refractivity contribution is 6.42. The van der Waals surface area contributed by atoms with Crippen molar-refractivity contribution in [3.63, 3.8) is 0 Å². The topological polar surface area (TPSA) is 102 Å². The molecule has 1 aliphatic rings. The lowest BCUT2D eigenvalue weighted by Crippen LogP contribution is -2.43. The van der Waals surface area contributed by atoms with E-state index in [9.17, 15) is 19.7 Å². The van der Waals surface area contributed by atoms with Gasteiger partial charge in [-0.2, -0.15) is 0 Å². The first-order valence-corrected chi connectivity index (χ1v) is 8.07. The number of benzene rings is 2. The molecule has 10 heteroatoms. The fourth-order valence-electron chi connectivity index (χ4n) is 2.40. The number of nitro benzene ring substituents is 1. The van der Waals surface area contributed by atoms with Crippen molar-refractivity contribution in [1.29, 1.82) is 0 Å². The number of non-ortho nitro benzene ring substituents is 1. The van der Waals surface area contributed by atoms with Gasteiger partial charge < -0.3 is 10.1 Å². The number of nitrogens with one attached hydrogen (secondary N) is 1. The molecular formula is C16H11Cl2N3O5. The lowest BCUT2D eigenvalue weighted by Gasteiger charge is -2.28. The number of fused-ring (bicyclic) bond motifs is 1. The Labute approximate surface area is 157 Å². The maximum atomic E-state index is 12.3. The van der Waals surface area contributed by atoms with Crippen LogP contribution in [0, 0.1) is 10.1 Å². The normalized spacial score (nSPS) is 13.0. The molecule has 0 fully saturated rings. The lowest BCUT2D eigenvalue weighted by atomic mass is 10.2. The van der Waals surface area contributed by atoms with Gasteiger partial charge in [-0.1, -0.05) is 23.2 Å². The molecule has 2 aromatic rings. The van der Waals surface area contributed by atoms with Gasteiger partial charge in [0.15, 0.2) is 6.61 Å². The Morgan fingerprint density at radius 1 is 1.23 bits per heavy atom. The number of anilines is 2. The molecule has 1 aliphatic heterocycles. The number of carbonyl (C=O) groups is 2. The van der Waals surface area contributed by atoms with Crippen LogP contribution in [0.15, 0.2) is 36.4 Å². The van der Waals surface area contributed by atoms with Gasteiger partial charge in [-0.15, -0.1) is 0 Å². The van der Waals surface area contributed by atoms with Crippen molar-refractivity contribution >= 4 is 52.1 Å². The quantitative estimate of drug-likeness (QED) is 0.632. The second-order valence-corrected chi connectivity index (χ2v) is 6.17. The van der Waals surface area contributed by atoms with Gasteiger partial charge in [-0.3, -0.25) is 24.6 Å². The summed E-state index contributed by atoms with van der Waals surface area (Å²) in [7, 11) is 0. The van der Waals surface area contributed by atoms with E-state index in [1.54, 1.807) is 6.07 Å². The van der Waals surface area contributed by atoms with Crippen molar-refractivity contribution in [2.24, 2.45) is 0 Å². The van der Waals surface area contributed by atoms with Gasteiger partial charge in [0.1, 0.15) is 12.3 Å². The third-order valence-corrected chi connectivity index (χ3v) is 4.34. The molecule has 1 heterocycles. The second-order valence-electron chi connectivity index (χ2n) is 5.35. The first-order chi connectivity index (χ1) is 12.3. The Kier molecular flexibility index (Phi) is 4.97. The van der Waals surface area contributed by atoms with Crippen LogP contribution in [0.4, 0.5) is 17.1 Å². The van der Waals surface area contributed by atoms with E-state index in [0.717, 1.165) is 4.90 Å². The molecule has 0 saturated carbocycles. The average molecular weight is 396 g/mol. The highest BCUT2D eigenvalue weighted by Crippen LogP contribution is 2.35. The monoisotopic (exact) mass is 395 g/mol. The van der Waals surface area contributed by atoms with Crippen LogP contribution in [-0.2, 0) is 9.59 Å². The molecule has 0 aromatic heterocycles. The number of nitro groups is 1. The third kappa shape index (κ3) is 3.71. The van der Waals surface area contributed by atoms with E-state index < -0.39 is 16.7 Å². The first kappa shape index (κ1) is 18.0. The molecule has 26 heavy (non-hydrogen) atoms. The third-order valence-electron chi connectivity index (χ3n) is 3.60. The maximum Gasteiger partial charge on any atom is 0.271 e. The maximum absolute atomic E-state index is 12.3. The molecular weight excluding hydrogens is 385 g/mol. The van der Waals surface area contributed by atoms with Crippen molar-refractivity contribution < 1.29 is 19.2 Å². The molecule has 0 unspecified atom stereocenters. The smallest absolute Gasteiger partial charge is 0.271 e. The van der Waals surface area contributed by atoms with E-state index in [2.05, 4.69) is 5.32 Å². The summed E-state index contributed by atoms with van der Waals surface area (Å²) in [5, 5.41) is 14.2. The van der Waals surface area contributed by atoms with Gasteiger partial charge in [0, 0.05) is 17.8 Å². The van der Waals surface area contributed by atoms with Crippen LogP contribution in [0.25, 0.3) is 0 Å². The van der Waals surface area contributed by atoms with Crippen LogP contribution in [0.5, 0.6) is 5.75 Å². The summed E-state index contributed by atoms with van der Waals surface area (Å²) in [6.07, 6.45) is 0. The number of ether oxygens (including phenoxy) is 1. The molecule has 0 saturated heterocycles. The summed E-state index contributed by atoms with van der Waals surface area (Å²) in [5.74, 6) is -0.698. The summed E-state index contributed by atoms with van der Waals surface area (Å²) in [4.78, 5) is 35.9. The van der Waals surface area contributed by atoms with Gasteiger partial charge in [0.05, 0.1) is 20.7 Å². The number of hydrogen-bond acceptors (Lipinski definition) is 5. The Balaban J connectivity index is 1.81. The molecule has 3 rings (SSSR count). The Hall–Kier alpha value is -2.84. The zero-order valence-electron chi connectivity index (χ0n) is 13.1. The molecule has 0 aliphatic carbocycles. The Morgan fingerprint density at radius 2 is 2.00 bits per heavy atom. The van der Waals surface area contributed by atoms with Crippen molar-refractivity contribution in [2.45, 2.75) is 0 Å². The number of amides is 2. The predicted molar refractivity (Wildman–Crippen MR) is 96.0 cm³/mol. The number of hydrogen-bond donors (Lipinski definition) is 1. The molecule has 0 atom stereocenters. The van der Waals surface area contributed by atoms with E-state index in [-0.39, 0.29) is 35.3 Å². The molecule has 2 aromatic carbocycles. The predicted octanol–water partition coefficient (Wildman–Crippen LogP) is 3.27. The van der Waals surface area contributed by atoms with Crippen LogP contribution < -0.4 is 15.0 Å². The van der Waals surface area contributed by atoms with Gasteiger partial charge in [-0.05, 0) is 24.3 Å². The minimum absolute atomic E-state index is 0.166. The summed E-state index contributed by atoms with van der Waals surface area (Å²) >= 11 is 11.7. The molecule has 0 bridgehead atoms. The summed E-state index contributed by atoms with van der Waals surface area (Å²) in [6.45, 7) is -0.596. The van der Waals surface area contributed by atoms with E-state index in [0.29, 0.717) is 10.7 Å². The largest absolute Gasteiger partial charge is 0.482 e. The minimum Gasteiger partial charge on any atom is -0.482 e. The van der Waals surface area contributed by atoms with Gasteiger partial charge in [0.25, 0.3) is 11.6 Å². The van der Waals surface area contributed by atoms with Crippen LogP contribution in [0.3, 0.4) is 0 Å². The summed E-state index contributed by atoms with van der Waals surface area (Å²) in [5.41, 5.74) is 0.362. The van der Waals surface area contributed by atoms with Crippen molar-refractivity contribution in [3.05, 3.63) is 56.6 Å². The van der Waals surface area contributed by atoms with Crippen molar-refractivity contribution in [3.8, 4) is 5.75 Å². The van der Waals surface area contributed by atoms with Crippen LogP contribution >= 0.6 is 23.2 Å². The zero-order chi connectivity index (χ0) is 18.8. The van der Waals surface area contributed by atoms with Gasteiger partial charge in [-0.25, -0.2) is 0 Å². The van der Waals surface area contributed by atoms with E-state index >= 15 is 0 Å². The summed E-state index contributed by atoms with van der Waals surface area (Å²) < 4.78 is 5.25. The molecule has 2 amide bonds. The van der Waals surface area contributed by atoms with Crippen LogP contribution in [-0.4, -0.2) is 29.9 Å². The van der Waals surface area contributed by atoms with E-state index in [4.69, 9.17) is 27.9 Å². The highest BCUT2D eigenvalue weighted by atomic mass is 35.5. The number of halogens is 2. The Bertz CT molecular complexity index is 919. The molecule has 0 spiro atoms. The SMILES string of the molecule is O=C(CN1C(=O)COc2ccc([N+](=O)[O-])cc21)Nc1ccc(Cl)c(Cl)c1. The average Bonchev–Trinajstić information content (AvgIpc) is 2.60. The minimum atomic E-state index is -0.590. The number of rotatable bonds is 4. The molecule has 1 N–H and O–H groups in total. The Morgan fingerprint density at radius 3 is 2.69 bits per heavy atom.